The Morgan fingerprint density at radius 2 is 2.00 bits per heavy atom. The first-order valence-corrected chi connectivity index (χ1v) is 8.33. The number of ether oxygens (including phenoxy) is 1. The van der Waals surface area contributed by atoms with Crippen LogP contribution in [-0.2, 0) is 0 Å². The van der Waals surface area contributed by atoms with Crippen molar-refractivity contribution in [3.05, 3.63) is 68.4 Å². The molecule has 2 aromatic carbocycles. The van der Waals surface area contributed by atoms with Gasteiger partial charge >= 0.3 is 0 Å². The first-order valence-electron chi connectivity index (χ1n) is 7.54. The van der Waals surface area contributed by atoms with Gasteiger partial charge in [0.15, 0.2) is 16.9 Å². The molecular weight excluding hydrogens is 370 g/mol. The molecular formula is C19H16BrNO3. The van der Waals surface area contributed by atoms with E-state index in [1.165, 1.54) is 6.07 Å². The van der Waals surface area contributed by atoms with Gasteiger partial charge in [0, 0.05) is 32.7 Å². The number of aromatic amines is 1. The largest absolute Gasteiger partial charge is 0.504 e. The minimum atomic E-state index is -0.0440. The molecule has 0 aliphatic heterocycles. The van der Waals surface area contributed by atoms with Crippen molar-refractivity contribution in [3.63, 3.8) is 0 Å². The second-order valence-electron chi connectivity index (χ2n) is 5.24. The second kappa shape index (κ2) is 6.93. The molecule has 3 rings (SSSR count). The number of rotatable bonds is 4. The van der Waals surface area contributed by atoms with Gasteiger partial charge in [-0.15, -0.1) is 0 Å². The summed E-state index contributed by atoms with van der Waals surface area (Å²) in [6.07, 6.45) is 3.49. The summed E-state index contributed by atoms with van der Waals surface area (Å²) in [5, 5.41) is 10.9. The summed E-state index contributed by atoms with van der Waals surface area (Å²) in [4.78, 5) is 15.3. The van der Waals surface area contributed by atoms with Crippen LogP contribution in [0.15, 0.2) is 51.7 Å². The first-order chi connectivity index (χ1) is 11.6. The van der Waals surface area contributed by atoms with E-state index >= 15 is 0 Å². The topological polar surface area (TPSA) is 62.3 Å². The minimum Gasteiger partial charge on any atom is -0.504 e. The van der Waals surface area contributed by atoms with E-state index < -0.39 is 0 Å². The highest BCUT2D eigenvalue weighted by atomic mass is 79.9. The Morgan fingerprint density at radius 3 is 2.79 bits per heavy atom. The Balaban J connectivity index is 2.01. The first kappa shape index (κ1) is 16.3. The normalized spacial score (nSPS) is 11.2. The lowest BCUT2D eigenvalue weighted by Crippen LogP contribution is -2.02. The molecule has 122 valence electrons. The molecule has 0 atom stereocenters. The van der Waals surface area contributed by atoms with Crippen molar-refractivity contribution in [1.82, 2.24) is 4.98 Å². The van der Waals surface area contributed by atoms with E-state index in [0.717, 1.165) is 9.99 Å². The molecule has 0 bridgehead atoms. The van der Waals surface area contributed by atoms with E-state index in [2.05, 4.69) is 20.9 Å². The van der Waals surface area contributed by atoms with E-state index in [1.54, 1.807) is 30.4 Å². The third-order valence-electron chi connectivity index (χ3n) is 3.57. The van der Waals surface area contributed by atoms with Crippen LogP contribution in [0.4, 0.5) is 0 Å². The van der Waals surface area contributed by atoms with Crippen LogP contribution in [-0.4, -0.2) is 16.7 Å². The number of fused-ring (bicyclic) bond motifs is 1. The highest BCUT2D eigenvalue weighted by Crippen LogP contribution is 2.34. The molecule has 1 heterocycles. The van der Waals surface area contributed by atoms with Crippen LogP contribution >= 0.6 is 15.9 Å². The maximum absolute atomic E-state index is 12.1. The maximum atomic E-state index is 12.1. The molecule has 0 amide bonds. The van der Waals surface area contributed by atoms with Gasteiger partial charge in [-0.3, -0.25) is 4.79 Å². The summed E-state index contributed by atoms with van der Waals surface area (Å²) in [5.41, 5.74) is 1.99. The number of aromatic nitrogens is 1. The highest BCUT2D eigenvalue weighted by molar-refractivity contribution is 9.10. The molecule has 2 N–H and O–H groups in total. The average Bonchev–Trinajstić information content (AvgIpc) is 2.57. The minimum absolute atomic E-state index is 0.0440. The number of aromatic hydroxyl groups is 1. The predicted octanol–water partition coefficient (Wildman–Crippen LogP) is 4.57. The van der Waals surface area contributed by atoms with E-state index in [4.69, 9.17) is 4.74 Å². The van der Waals surface area contributed by atoms with Crippen molar-refractivity contribution in [2.24, 2.45) is 0 Å². The maximum Gasteiger partial charge on any atom is 0.189 e. The van der Waals surface area contributed by atoms with Crippen LogP contribution < -0.4 is 10.2 Å². The second-order valence-corrected chi connectivity index (χ2v) is 6.16. The standard InChI is InChI=1S/C19H16BrNO3/c1-2-24-18-10-13(20)9-12(19(18)23)7-8-14-11-17(22)15-5-3-4-6-16(15)21-14/h3-11,23H,2H2,1H3,(H,21,22). The third kappa shape index (κ3) is 3.36. The summed E-state index contributed by atoms with van der Waals surface area (Å²) >= 11 is 3.40. The Bertz CT molecular complexity index is 976. The van der Waals surface area contributed by atoms with Crippen LogP contribution in [0.3, 0.4) is 0 Å². The zero-order valence-corrected chi connectivity index (χ0v) is 14.6. The van der Waals surface area contributed by atoms with Crippen LogP contribution in [0.5, 0.6) is 11.5 Å². The summed E-state index contributed by atoms with van der Waals surface area (Å²) in [5.74, 6) is 0.484. The van der Waals surface area contributed by atoms with Crippen molar-refractivity contribution < 1.29 is 9.84 Å². The fourth-order valence-corrected chi connectivity index (χ4v) is 2.93. The Morgan fingerprint density at radius 1 is 1.21 bits per heavy atom. The molecule has 4 nitrogen and oxygen atoms in total. The van der Waals surface area contributed by atoms with Crippen molar-refractivity contribution in [1.29, 1.82) is 0 Å². The number of H-pyrrole nitrogens is 1. The van der Waals surface area contributed by atoms with Gasteiger partial charge in [0.1, 0.15) is 0 Å². The molecule has 0 saturated heterocycles. The van der Waals surface area contributed by atoms with E-state index in [9.17, 15) is 9.90 Å². The molecule has 0 spiro atoms. The average molecular weight is 386 g/mol. The highest BCUT2D eigenvalue weighted by Gasteiger charge is 2.08. The number of pyridine rings is 1. The molecule has 1 aromatic heterocycles. The van der Waals surface area contributed by atoms with Crippen LogP contribution in [0.2, 0.25) is 0 Å². The van der Waals surface area contributed by atoms with Crippen molar-refractivity contribution in [2.75, 3.05) is 6.61 Å². The van der Waals surface area contributed by atoms with Gasteiger partial charge in [-0.1, -0.05) is 28.1 Å². The fourth-order valence-electron chi connectivity index (χ4n) is 2.47. The van der Waals surface area contributed by atoms with Crippen LogP contribution in [0.25, 0.3) is 23.1 Å². The lowest BCUT2D eigenvalue weighted by Gasteiger charge is -2.09. The van der Waals surface area contributed by atoms with Crippen molar-refractivity contribution in [3.8, 4) is 11.5 Å². The molecule has 0 fully saturated rings. The predicted molar refractivity (Wildman–Crippen MR) is 100 cm³/mol. The lowest BCUT2D eigenvalue weighted by atomic mass is 10.1. The monoisotopic (exact) mass is 385 g/mol. The molecule has 3 aromatic rings. The van der Waals surface area contributed by atoms with E-state index in [1.807, 2.05) is 25.1 Å². The number of hydrogen-bond acceptors (Lipinski definition) is 3. The van der Waals surface area contributed by atoms with Crippen LogP contribution in [0, 0.1) is 0 Å². The molecule has 5 heteroatoms. The number of hydrogen-bond donors (Lipinski definition) is 2. The Kier molecular flexibility index (Phi) is 4.71. The molecule has 0 aliphatic carbocycles. The van der Waals surface area contributed by atoms with Gasteiger partial charge in [-0.25, -0.2) is 0 Å². The number of para-hydroxylation sites is 1. The Hall–Kier alpha value is -2.53. The zero-order valence-electron chi connectivity index (χ0n) is 13.0. The number of phenols is 1. The fraction of sp³-hybridized carbons (Fsp3) is 0.105. The summed E-state index contributed by atoms with van der Waals surface area (Å²) in [6.45, 7) is 2.32. The van der Waals surface area contributed by atoms with Gasteiger partial charge < -0.3 is 14.8 Å². The van der Waals surface area contributed by atoms with E-state index in [-0.39, 0.29) is 11.2 Å². The van der Waals surface area contributed by atoms with Crippen LogP contribution in [0.1, 0.15) is 18.2 Å². The van der Waals surface area contributed by atoms with Crippen molar-refractivity contribution >= 4 is 39.0 Å². The molecule has 24 heavy (non-hydrogen) atoms. The lowest BCUT2D eigenvalue weighted by molar-refractivity contribution is 0.317. The summed E-state index contributed by atoms with van der Waals surface area (Å²) in [7, 11) is 0. The Labute approximate surface area is 147 Å². The zero-order chi connectivity index (χ0) is 17.1. The number of halogens is 1. The summed E-state index contributed by atoms with van der Waals surface area (Å²) < 4.78 is 6.22. The third-order valence-corrected chi connectivity index (χ3v) is 4.03. The number of phenolic OH excluding ortho intramolecular Hbond substituents is 1. The number of benzene rings is 2. The van der Waals surface area contributed by atoms with E-state index in [0.29, 0.717) is 29.0 Å². The number of nitrogens with one attached hydrogen (secondary N) is 1. The van der Waals surface area contributed by atoms with Gasteiger partial charge in [0.2, 0.25) is 0 Å². The molecule has 0 aliphatic rings. The van der Waals surface area contributed by atoms with Gasteiger partial charge in [-0.05, 0) is 43.3 Å². The van der Waals surface area contributed by atoms with Gasteiger partial charge in [0.05, 0.1) is 6.61 Å². The summed E-state index contributed by atoms with van der Waals surface area (Å²) in [6, 6.07) is 12.4. The van der Waals surface area contributed by atoms with Gasteiger partial charge in [0.25, 0.3) is 0 Å². The van der Waals surface area contributed by atoms with Gasteiger partial charge in [-0.2, -0.15) is 0 Å². The smallest absolute Gasteiger partial charge is 0.189 e. The molecule has 0 radical (unpaired) electrons. The van der Waals surface area contributed by atoms with Crippen molar-refractivity contribution in [2.45, 2.75) is 6.92 Å². The molecule has 0 saturated carbocycles. The quantitative estimate of drug-likeness (QED) is 0.691. The SMILES string of the molecule is CCOc1cc(Br)cc(C=Cc2cc(=O)c3ccccc3[nH]2)c1O. The molecule has 0 unspecified atom stereocenters.